The normalized spacial score (nSPS) is 13.7. The topological polar surface area (TPSA) is 51.2 Å². The molecule has 3 nitrogen and oxygen atoms in total. The van der Waals surface area contributed by atoms with E-state index in [1.54, 1.807) is 11.3 Å². The highest BCUT2D eigenvalue weighted by molar-refractivity contribution is 7.92. The predicted molar refractivity (Wildman–Crippen MR) is 66.7 cm³/mol. The lowest BCUT2D eigenvalue weighted by Gasteiger charge is -2.06. The van der Waals surface area contributed by atoms with E-state index in [-0.39, 0.29) is 12.2 Å². The van der Waals surface area contributed by atoms with Crippen LogP contribution in [0.5, 0.6) is 0 Å². The van der Waals surface area contributed by atoms with Crippen molar-refractivity contribution in [3.8, 4) is 0 Å². The van der Waals surface area contributed by atoms with Crippen molar-refractivity contribution in [2.75, 3.05) is 6.26 Å². The summed E-state index contributed by atoms with van der Waals surface area (Å²) in [6.45, 7) is 3.50. The molecule has 0 fully saturated rings. The van der Waals surface area contributed by atoms with Crippen LogP contribution in [0.15, 0.2) is 12.1 Å². The molecule has 0 N–H and O–H groups in total. The van der Waals surface area contributed by atoms with Gasteiger partial charge in [0, 0.05) is 22.4 Å². The van der Waals surface area contributed by atoms with E-state index in [1.807, 2.05) is 12.1 Å². The molecule has 16 heavy (non-hydrogen) atoms. The molecule has 0 amide bonds. The van der Waals surface area contributed by atoms with Gasteiger partial charge in [-0.3, -0.25) is 4.79 Å². The molecule has 0 aromatic carbocycles. The van der Waals surface area contributed by atoms with Crippen LogP contribution in [0.3, 0.4) is 0 Å². The Morgan fingerprint density at radius 2 is 1.94 bits per heavy atom. The fraction of sp³-hybridized carbons (Fsp3) is 0.545. The van der Waals surface area contributed by atoms with E-state index in [2.05, 4.69) is 6.92 Å². The maximum absolute atomic E-state index is 11.7. The Morgan fingerprint density at radius 3 is 2.38 bits per heavy atom. The highest BCUT2D eigenvalue weighted by Gasteiger charge is 2.23. The van der Waals surface area contributed by atoms with Crippen LogP contribution in [0.4, 0.5) is 0 Å². The molecule has 0 spiro atoms. The zero-order chi connectivity index (χ0) is 12.3. The lowest BCUT2D eigenvalue weighted by atomic mass is 10.2. The van der Waals surface area contributed by atoms with Crippen LogP contribution >= 0.6 is 11.3 Å². The van der Waals surface area contributed by atoms with E-state index in [9.17, 15) is 13.2 Å². The molecule has 1 aromatic heterocycles. The summed E-state index contributed by atoms with van der Waals surface area (Å²) in [4.78, 5) is 13.8. The lowest BCUT2D eigenvalue weighted by Crippen LogP contribution is -2.27. The minimum absolute atomic E-state index is 0.221. The predicted octanol–water partition coefficient (Wildman–Crippen LogP) is 1.86. The van der Waals surface area contributed by atoms with Crippen molar-refractivity contribution in [1.29, 1.82) is 0 Å². The number of aryl methyl sites for hydroxylation is 1. The number of hydrogen-bond acceptors (Lipinski definition) is 4. The average Bonchev–Trinajstić information content (AvgIpc) is 2.63. The van der Waals surface area contributed by atoms with Gasteiger partial charge in [0.25, 0.3) is 0 Å². The SMILES string of the molecule is CCc1ccc(CC(=O)C(C)S(C)(=O)=O)s1. The van der Waals surface area contributed by atoms with Gasteiger partial charge in [0.1, 0.15) is 5.25 Å². The number of sulfone groups is 1. The molecule has 0 saturated carbocycles. The quantitative estimate of drug-likeness (QED) is 0.812. The molecule has 0 aliphatic carbocycles. The summed E-state index contributed by atoms with van der Waals surface area (Å²) in [5.74, 6) is -0.230. The zero-order valence-corrected chi connectivity index (χ0v) is 11.3. The maximum Gasteiger partial charge on any atom is 0.157 e. The highest BCUT2D eigenvalue weighted by Crippen LogP contribution is 2.18. The summed E-state index contributed by atoms with van der Waals surface area (Å²) in [7, 11) is -3.27. The molecule has 1 heterocycles. The number of carbonyl (C=O) groups excluding carboxylic acids is 1. The molecule has 0 radical (unpaired) electrons. The molecule has 0 saturated heterocycles. The van der Waals surface area contributed by atoms with Crippen molar-refractivity contribution in [2.45, 2.75) is 31.9 Å². The van der Waals surface area contributed by atoms with Gasteiger partial charge in [-0.25, -0.2) is 8.42 Å². The molecule has 1 rings (SSSR count). The van der Waals surface area contributed by atoms with Gasteiger partial charge < -0.3 is 0 Å². The second-order valence-corrected chi connectivity index (χ2v) is 7.46. The summed E-state index contributed by atoms with van der Waals surface area (Å²) in [6, 6.07) is 3.88. The molecule has 90 valence electrons. The largest absolute Gasteiger partial charge is 0.298 e. The molecule has 0 aliphatic rings. The number of rotatable bonds is 5. The minimum atomic E-state index is -3.27. The van der Waals surface area contributed by atoms with Gasteiger partial charge in [0.2, 0.25) is 0 Å². The Labute approximate surface area is 100 Å². The van der Waals surface area contributed by atoms with E-state index in [1.165, 1.54) is 11.8 Å². The van der Waals surface area contributed by atoms with Crippen molar-refractivity contribution < 1.29 is 13.2 Å². The molecule has 0 bridgehead atoms. The second-order valence-electron chi connectivity index (χ2n) is 3.84. The van der Waals surface area contributed by atoms with Gasteiger partial charge in [0.05, 0.1) is 0 Å². The summed E-state index contributed by atoms with van der Waals surface area (Å²) in [5.41, 5.74) is 0. The third-order valence-corrected chi connectivity index (χ3v) is 5.29. The molecule has 1 unspecified atom stereocenters. The number of hydrogen-bond donors (Lipinski definition) is 0. The summed E-state index contributed by atoms with van der Waals surface area (Å²) in [5, 5.41) is -0.903. The minimum Gasteiger partial charge on any atom is -0.298 e. The van der Waals surface area contributed by atoms with Crippen LogP contribution in [0.2, 0.25) is 0 Å². The monoisotopic (exact) mass is 260 g/mol. The fourth-order valence-corrected chi connectivity index (χ4v) is 2.79. The van der Waals surface area contributed by atoms with Crippen LogP contribution in [0, 0.1) is 0 Å². The number of Topliss-reactive ketones (excluding diaryl/α,β-unsaturated/α-hetero) is 1. The lowest BCUT2D eigenvalue weighted by molar-refractivity contribution is -0.117. The Kier molecular flexibility index (Phi) is 4.27. The first kappa shape index (κ1) is 13.4. The van der Waals surface area contributed by atoms with Crippen molar-refractivity contribution in [2.24, 2.45) is 0 Å². The van der Waals surface area contributed by atoms with Crippen LogP contribution in [0.1, 0.15) is 23.6 Å². The number of thiophene rings is 1. The van der Waals surface area contributed by atoms with Crippen LogP contribution < -0.4 is 0 Å². The van der Waals surface area contributed by atoms with E-state index < -0.39 is 15.1 Å². The van der Waals surface area contributed by atoms with Crippen molar-refractivity contribution in [3.05, 3.63) is 21.9 Å². The Bertz CT molecular complexity index is 471. The third-order valence-electron chi connectivity index (χ3n) is 2.51. The molecule has 1 atom stereocenters. The summed E-state index contributed by atoms with van der Waals surface area (Å²) < 4.78 is 22.4. The van der Waals surface area contributed by atoms with E-state index >= 15 is 0 Å². The summed E-state index contributed by atoms with van der Waals surface area (Å²) >= 11 is 1.57. The second kappa shape index (κ2) is 5.10. The van der Waals surface area contributed by atoms with Crippen LogP contribution in [-0.4, -0.2) is 25.7 Å². The first-order valence-corrected chi connectivity index (χ1v) is 7.91. The van der Waals surface area contributed by atoms with Crippen molar-refractivity contribution in [1.82, 2.24) is 0 Å². The van der Waals surface area contributed by atoms with Gasteiger partial charge in [-0.05, 0) is 25.5 Å². The first-order chi connectivity index (χ1) is 7.34. The highest BCUT2D eigenvalue weighted by atomic mass is 32.2. The summed E-state index contributed by atoms with van der Waals surface area (Å²) in [6.07, 6.45) is 2.26. The van der Waals surface area contributed by atoms with Gasteiger partial charge in [-0.15, -0.1) is 11.3 Å². The van der Waals surface area contributed by atoms with Crippen molar-refractivity contribution >= 4 is 27.0 Å². The van der Waals surface area contributed by atoms with Crippen LogP contribution in [0.25, 0.3) is 0 Å². The Hall–Kier alpha value is -0.680. The first-order valence-electron chi connectivity index (χ1n) is 5.13. The van der Waals surface area contributed by atoms with Gasteiger partial charge in [0.15, 0.2) is 15.6 Å². The smallest absolute Gasteiger partial charge is 0.157 e. The number of ketones is 1. The Balaban J connectivity index is 2.72. The molecular formula is C11H16O3S2. The average molecular weight is 260 g/mol. The maximum atomic E-state index is 11.7. The Morgan fingerprint density at radius 1 is 1.38 bits per heavy atom. The zero-order valence-electron chi connectivity index (χ0n) is 9.69. The van der Waals surface area contributed by atoms with E-state index in [0.29, 0.717) is 0 Å². The van der Waals surface area contributed by atoms with Crippen molar-refractivity contribution in [3.63, 3.8) is 0 Å². The molecule has 1 aromatic rings. The molecule has 0 aliphatic heterocycles. The molecular weight excluding hydrogens is 244 g/mol. The van der Waals surface area contributed by atoms with Gasteiger partial charge >= 0.3 is 0 Å². The van der Waals surface area contributed by atoms with E-state index in [4.69, 9.17) is 0 Å². The van der Waals surface area contributed by atoms with Gasteiger partial charge in [-0.2, -0.15) is 0 Å². The fourth-order valence-electron chi connectivity index (χ4n) is 1.26. The van der Waals surface area contributed by atoms with E-state index in [0.717, 1.165) is 17.6 Å². The van der Waals surface area contributed by atoms with Gasteiger partial charge in [-0.1, -0.05) is 6.92 Å². The van der Waals surface area contributed by atoms with Crippen LogP contribution in [-0.2, 0) is 27.5 Å². The molecule has 5 heteroatoms. The number of carbonyl (C=O) groups is 1. The third kappa shape index (κ3) is 3.42. The standard InChI is InChI=1S/C11H16O3S2/c1-4-9-5-6-10(15-9)7-11(12)8(2)16(3,13)14/h5-6,8H,4,7H2,1-3H3.